The predicted molar refractivity (Wildman–Crippen MR) is 108 cm³/mol. The zero-order valence-electron chi connectivity index (χ0n) is 16.8. The van der Waals surface area contributed by atoms with Crippen LogP contribution in [0.25, 0.3) is 0 Å². The zero-order valence-corrected chi connectivity index (χ0v) is 16.8. The third-order valence-electron chi connectivity index (χ3n) is 5.77. The Morgan fingerprint density at radius 2 is 1.79 bits per heavy atom. The number of para-hydroxylation sites is 1. The molecule has 2 saturated heterocycles. The molecule has 0 saturated carbocycles. The van der Waals surface area contributed by atoms with Gasteiger partial charge in [0.2, 0.25) is 17.7 Å². The standard InChI is InChI=1S/C21H30N4O3/c1-3-16(2)21(28)25-10-9-22-20(27)18(25)15-19(26)24-13-11-23(12-14-24)17-7-5-4-6-8-17/h4-8,16,18H,3,9-15H2,1-2H3,(H,22,27)/t16-,18+/m0/s1. The molecule has 2 aliphatic heterocycles. The Morgan fingerprint density at radius 1 is 1.11 bits per heavy atom. The quantitative estimate of drug-likeness (QED) is 0.823. The summed E-state index contributed by atoms with van der Waals surface area (Å²) in [6.07, 6.45) is 0.776. The molecule has 2 heterocycles. The van der Waals surface area contributed by atoms with E-state index < -0.39 is 6.04 Å². The predicted octanol–water partition coefficient (Wildman–Crippen LogP) is 1.10. The SMILES string of the molecule is CC[C@H](C)C(=O)N1CCNC(=O)[C@H]1CC(=O)N1CCN(c2ccccc2)CC1. The van der Waals surface area contributed by atoms with Gasteiger partial charge in [0.15, 0.2) is 0 Å². The van der Waals surface area contributed by atoms with E-state index in [1.165, 1.54) is 0 Å². The number of carbonyl (C=O) groups excluding carboxylic acids is 3. The number of hydrogen-bond donors (Lipinski definition) is 1. The highest BCUT2D eigenvalue weighted by Crippen LogP contribution is 2.19. The van der Waals surface area contributed by atoms with Gasteiger partial charge in [-0.1, -0.05) is 32.0 Å². The maximum Gasteiger partial charge on any atom is 0.243 e. The van der Waals surface area contributed by atoms with Crippen molar-refractivity contribution in [3.05, 3.63) is 30.3 Å². The first kappa shape index (κ1) is 20.2. The molecular formula is C21H30N4O3. The molecule has 1 aromatic rings. The highest BCUT2D eigenvalue weighted by atomic mass is 16.2. The second-order valence-electron chi connectivity index (χ2n) is 7.56. The minimum absolute atomic E-state index is 0.0379. The molecule has 0 aromatic heterocycles. The molecule has 7 heteroatoms. The van der Waals surface area contributed by atoms with Gasteiger partial charge in [-0.2, -0.15) is 0 Å². The fourth-order valence-corrected chi connectivity index (χ4v) is 3.79. The van der Waals surface area contributed by atoms with E-state index in [0.717, 1.165) is 25.2 Å². The molecule has 2 atom stereocenters. The summed E-state index contributed by atoms with van der Waals surface area (Å²) in [5.74, 6) is -0.460. The minimum atomic E-state index is -0.699. The fraction of sp³-hybridized carbons (Fsp3) is 0.571. The molecule has 3 amide bonds. The molecule has 28 heavy (non-hydrogen) atoms. The molecule has 0 spiro atoms. The Labute approximate surface area is 166 Å². The van der Waals surface area contributed by atoms with Gasteiger partial charge >= 0.3 is 0 Å². The highest BCUT2D eigenvalue weighted by Gasteiger charge is 2.37. The summed E-state index contributed by atoms with van der Waals surface area (Å²) in [6, 6.07) is 9.46. The van der Waals surface area contributed by atoms with Gasteiger partial charge in [-0.3, -0.25) is 14.4 Å². The average molecular weight is 386 g/mol. The maximum absolute atomic E-state index is 12.9. The lowest BCUT2D eigenvalue weighted by molar-refractivity contribution is -0.149. The van der Waals surface area contributed by atoms with Crippen LogP contribution < -0.4 is 10.2 Å². The van der Waals surface area contributed by atoms with Crippen LogP contribution in [0.15, 0.2) is 30.3 Å². The molecule has 2 fully saturated rings. The van der Waals surface area contributed by atoms with Gasteiger partial charge in [-0.25, -0.2) is 0 Å². The van der Waals surface area contributed by atoms with Crippen LogP contribution >= 0.6 is 0 Å². The van der Waals surface area contributed by atoms with Gasteiger partial charge in [0.1, 0.15) is 6.04 Å². The summed E-state index contributed by atoms with van der Waals surface area (Å²) in [4.78, 5) is 43.6. The van der Waals surface area contributed by atoms with Gasteiger partial charge in [0.25, 0.3) is 0 Å². The summed E-state index contributed by atoms with van der Waals surface area (Å²) in [5, 5.41) is 2.80. The van der Waals surface area contributed by atoms with Gasteiger partial charge in [0.05, 0.1) is 6.42 Å². The Bertz CT molecular complexity index is 701. The number of piperazine rings is 2. The Kier molecular flexibility index (Phi) is 6.54. The van der Waals surface area contributed by atoms with E-state index in [2.05, 4.69) is 22.3 Å². The van der Waals surface area contributed by atoms with Crippen molar-refractivity contribution < 1.29 is 14.4 Å². The first-order valence-electron chi connectivity index (χ1n) is 10.2. The number of nitrogens with zero attached hydrogens (tertiary/aromatic N) is 3. The average Bonchev–Trinajstić information content (AvgIpc) is 2.74. The summed E-state index contributed by atoms with van der Waals surface area (Å²) in [6.45, 7) is 7.53. The van der Waals surface area contributed by atoms with E-state index in [-0.39, 0.29) is 30.1 Å². The van der Waals surface area contributed by atoms with Crippen LogP contribution in [0.3, 0.4) is 0 Å². The van der Waals surface area contributed by atoms with Crippen molar-refractivity contribution in [1.29, 1.82) is 0 Å². The van der Waals surface area contributed by atoms with Crippen molar-refractivity contribution in [2.45, 2.75) is 32.7 Å². The number of amides is 3. The smallest absolute Gasteiger partial charge is 0.243 e. The summed E-state index contributed by atoms with van der Waals surface area (Å²) >= 11 is 0. The highest BCUT2D eigenvalue weighted by molar-refractivity contribution is 5.93. The number of hydrogen-bond acceptors (Lipinski definition) is 4. The Balaban J connectivity index is 1.59. The zero-order chi connectivity index (χ0) is 20.1. The van der Waals surface area contributed by atoms with Crippen molar-refractivity contribution >= 4 is 23.4 Å². The Morgan fingerprint density at radius 3 is 2.43 bits per heavy atom. The monoisotopic (exact) mass is 386 g/mol. The molecule has 0 unspecified atom stereocenters. The van der Waals surface area contributed by atoms with E-state index in [9.17, 15) is 14.4 Å². The molecule has 7 nitrogen and oxygen atoms in total. The number of anilines is 1. The minimum Gasteiger partial charge on any atom is -0.368 e. The van der Waals surface area contributed by atoms with E-state index in [0.29, 0.717) is 26.2 Å². The van der Waals surface area contributed by atoms with Crippen LogP contribution in [0, 0.1) is 5.92 Å². The van der Waals surface area contributed by atoms with Crippen molar-refractivity contribution in [2.24, 2.45) is 5.92 Å². The van der Waals surface area contributed by atoms with Crippen molar-refractivity contribution in [3.63, 3.8) is 0 Å². The molecule has 1 aromatic carbocycles. The molecule has 0 aliphatic carbocycles. The van der Waals surface area contributed by atoms with Gasteiger partial charge in [-0.05, 0) is 18.6 Å². The van der Waals surface area contributed by atoms with Crippen LogP contribution in [0.5, 0.6) is 0 Å². The van der Waals surface area contributed by atoms with E-state index >= 15 is 0 Å². The largest absolute Gasteiger partial charge is 0.368 e. The Hall–Kier alpha value is -2.57. The topological polar surface area (TPSA) is 73.0 Å². The van der Waals surface area contributed by atoms with Crippen molar-refractivity contribution in [1.82, 2.24) is 15.1 Å². The number of nitrogens with one attached hydrogen (secondary N) is 1. The summed E-state index contributed by atoms with van der Waals surface area (Å²) in [5.41, 5.74) is 1.16. The van der Waals surface area contributed by atoms with E-state index in [1.54, 1.807) is 4.90 Å². The van der Waals surface area contributed by atoms with Crippen LogP contribution in [0.4, 0.5) is 5.69 Å². The molecule has 152 valence electrons. The lowest BCUT2D eigenvalue weighted by atomic mass is 10.0. The lowest BCUT2D eigenvalue weighted by Crippen LogP contribution is -2.60. The third-order valence-corrected chi connectivity index (χ3v) is 5.77. The maximum atomic E-state index is 12.9. The van der Waals surface area contributed by atoms with Gasteiger partial charge < -0.3 is 20.0 Å². The molecule has 3 rings (SSSR count). The second-order valence-corrected chi connectivity index (χ2v) is 7.56. The molecular weight excluding hydrogens is 356 g/mol. The number of rotatable bonds is 5. The van der Waals surface area contributed by atoms with Gasteiger partial charge in [-0.15, -0.1) is 0 Å². The summed E-state index contributed by atoms with van der Waals surface area (Å²) in [7, 11) is 0. The van der Waals surface area contributed by atoms with E-state index in [1.807, 2.05) is 36.9 Å². The van der Waals surface area contributed by atoms with Crippen LogP contribution in [0.2, 0.25) is 0 Å². The number of carbonyl (C=O) groups is 3. The van der Waals surface area contributed by atoms with Crippen LogP contribution in [-0.4, -0.2) is 72.8 Å². The van der Waals surface area contributed by atoms with Crippen molar-refractivity contribution in [3.8, 4) is 0 Å². The lowest BCUT2D eigenvalue weighted by Gasteiger charge is -2.39. The van der Waals surface area contributed by atoms with Gasteiger partial charge in [0, 0.05) is 50.9 Å². The number of benzene rings is 1. The third kappa shape index (κ3) is 4.46. The van der Waals surface area contributed by atoms with Crippen molar-refractivity contribution in [2.75, 3.05) is 44.2 Å². The van der Waals surface area contributed by atoms with Crippen LogP contribution in [-0.2, 0) is 14.4 Å². The summed E-state index contributed by atoms with van der Waals surface area (Å²) < 4.78 is 0. The fourth-order valence-electron chi connectivity index (χ4n) is 3.79. The molecule has 0 radical (unpaired) electrons. The van der Waals surface area contributed by atoms with Crippen LogP contribution in [0.1, 0.15) is 26.7 Å². The molecule has 2 aliphatic rings. The molecule has 1 N–H and O–H groups in total. The first-order chi connectivity index (χ1) is 13.5. The van der Waals surface area contributed by atoms with E-state index in [4.69, 9.17) is 0 Å². The second kappa shape index (κ2) is 9.08. The molecule has 0 bridgehead atoms. The first-order valence-corrected chi connectivity index (χ1v) is 10.2. The normalized spacial score (nSPS) is 21.3.